The highest BCUT2D eigenvalue weighted by Crippen LogP contribution is 2.33. The minimum absolute atomic E-state index is 0.173. The van der Waals surface area contributed by atoms with Crippen LogP contribution in [0.15, 0.2) is 45.8 Å². The molecule has 0 aliphatic carbocycles. The van der Waals surface area contributed by atoms with Gasteiger partial charge in [-0.2, -0.15) is 0 Å². The molecule has 5 rings (SSSR count). The van der Waals surface area contributed by atoms with Crippen LogP contribution in [0.1, 0.15) is 30.9 Å². The third kappa shape index (κ3) is 4.83. The Hall–Kier alpha value is -2.69. The number of hydrogen-bond acceptors (Lipinski definition) is 7. The van der Waals surface area contributed by atoms with E-state index < -0.39 is 10.0 Å². The molecular weight excluding hydrogens is 449 g/mol. The van der Waals surface area contributed by atoms with Gasteiger partial charge in [-0.1, -0.05) is 5.16 Å². The van der Waals surface area contributed by atoms with Crippen molar-refractivity contribution in [3.05, 3.63) is 47.9 Å². The third-order valence-corrected chi connectivity index (χ3v) is 7.66. The van der Waals surface area contributed by atoms with Crippen molar-refractivity contribution in [3.8, 4) is 11.5 Å². The summed E-state index contributed by atoms with van der Waals surface area (Å²) in [6, 6.07) is 9.20. The van der Waals surface area contributed by atoms with Crippen molar-refractivity contribution >= 4 is 21.0 Å². The topological polar surface area (TPSA) is 93.9 Å². The Morgan fingerprint density at radius 1 is 1.06 bits per heavy atom. The predicted octanol–water partition coefficient (Wildman–Crippen LogP) is 3.29. The van der Waals surface area contributed by atoms with Gasteiger partial charge in [0, 0.05) is 30.0 Å². The molecule has 0 unspecified atom stereocenters. The molecule has 8 nitrogen and oxygen atoms in total. The molecule has 3 aromatic rings. The fraction of sp³-hybridized carbons (Fsp3) is 0.435. The van der Waals surface area contributed by atoms with Gasteiger partial charge < -0.3 is 18.9 Å². The van der Waals surface area contributed by atoms with Crippen molar-refractivity contribution in [1.29, 1.82) is 0 Å². The van der Waals surface area contributed by atoms with Gasteiger partial charge in [-0.25, -0.2) is 17.5 Å². The molecule has 10 heteroatoms. The predicted molar refractivity (Wildman–Crippen MR) is 120 cm³/mol. The second-order valence-corrected chi connectivity index (χ2v) is 10.1. The summed E-state index contributed by atoms with van der Waals surface area (Å²) in [5, 5.41) is 5.07. The van der Waals surface area contributed by atoms with Crippen LogP contribution in [-0.2, 0) is 10.0 Å². The van der Waals surface area contributed by atoms with Crippen LogP contribution in [0.25, 0.3) is 11.0 Å². The summed E-state index contributed by atoms with van der Waals surface area (Å²) in [7, 11) is -3.61. The summed E-state index contributed by atoms with van der Waals surface area (Å²) < 4.78 is 57.5. The fourth-order valence-electron chi connectivity index (χ4n) is 4.44. The fourth-order valence-corrected chi connectivity index (χ4v) is 5.53. The van der Waals surface area contributed by atoms with E-state index in [0.29, 0.717) is 43.3 Å². The molecule has 0 saturated carbocycles. The van der Waals surface area contributed by atoms with E-state index in [2.05, 4.69) is 14.8 Å². The third-order valence-electron chi connectivity index (χ3n) is 6.20. The number of hydrogen-bond donors (Lipinski definition) is 1. The molecule has 1 fully saturated rings. The number of likely N-dealkylation sites (tertiary alicyclic amines) is 1. The lowest BCUT2D eigenvalue weighted by Gasteiger charge is -2.31. The molecule has 33 heavy (non-hydrogen) atoms. The number of nitrogens with zero attached hydrogens (tertiary/aromatic N) is 2. The van der Waals surface area contributed by atoms with Crippen molar-refractivity contribution < 1.29 is 26.8 Å². The molecular formula is C23H26FN3O5S. The molecule has 1 aromatic heterocycles. The first-order valence-corrected chi connectivity index (χ1v) is 12.6. The molecule has 2 aliphatic heterocycles. The number of nitrogens with one attached hydrogen (secondary N) is 1. The van der Waals surface area contributed by atoms with Crippen LogP contribution in [-0.4, -0.2) is 57.9 Å². The van der Waals surface area contributed by atoms with E-state index in [1.165, 1.54) is 24.3 Å². The maximum Gasteiger partial charge on any atom is 0.240 e. The number of rotatable bonds is 7. The highest BCUT2D eigenvalue weighted by Gasteiger charge is 2.25. The van der Waals surface area contributed by atoms with Gasteiger partial charge in [0.05, 0.1) is 10.6 Å². The Morgan fingerprint density at radius 2 is 1.85 bits per heavy atom. The zero-order valence-electron chi connectivity index (χ0n) is 18.1. The normalized spacial score (nSPS) is 17.5. The second kappa shape index (κ2) is 9.28. The highest BCUT2D eigenvalue weighted by atomic mass is 32.2. The number of benzene rings is 2. The molecule has 1 N–H and O–H groups in total. The molecule has 0 spiro atoms. The summed E-state index contributed by atoms with van der Waals surface area (Å²) in [5.74, 6) is 0.970. The Kier molecular flexibility index (Phi) is 6.22. The Labute approximate surface area is 191 Å². The average Bonchev–Trinajstić information content (AvgIpc) is 3.25. The minimum atomic E-state index is -3.61. The molecule has 2 aliphatic rings. The van der Waals surface area contributed by atoms with Gasteiger partial charge in [-0.3, -0.25) is 0 Å². The lowest BCUT2D eigenvalue weighted by Crippen LogP contribution is -2.35. The summed E-state index contributed by atoms with van der Waals surface area (Å²) in [6.45, 7) is 3.83. The van der Waals surface area contributed by atoms with Crippen LogP contribution in [0.5, 0.6) is 11.5 Å². The first-order chi connectivity index (χ1) is 16.0. The quantitative estimate of drug-likeness (QED) is 0.524. The summed E-state index contributed by atoms with van der Waals surface area (Å²) >= 11 is 0. The maximum atomic E-state index is 13.4. The van der Waals surface area contributed by atoms with Crippen molar-refractivity contribution in [2.24, 2.45) is 0 Å². The number of ether oxygens (including phenoxy) is 2. The number of aromatic nitrogens is 1. The van der Waals surface area contributed by atoms with E-state index >= 15 is 0 Å². The number of sulfonamides is 1. The zero-order chi connectivity index (χ0) is 22.8. The molecule has 0 bridgehead atoms. The van der Waals surface area contributed by atoms with Gasteiger partial charge in [0.2, 0.25) is 10.0 Å². The first kappa shape index (κ1) is 22.1. The molecule has 176 valence electrons. The van der Waals surface area contributed by atoms with Crippen LogP contribution < -0.4 is 14.2 Å². The second-order valence-electron chi connectivity index (χ2n) is 8.38. The average molecular weight is 476 g/mol. The molecule has 2 aromatic carbocycles. The molecule has 0 amide bonds. The summed E-state index contributed by atoms with van der Waals surface area (Å²) in [4.78, 5) is 2.50. The van der Waals surface area contributed by atoms with Gasteiger partial charge >= 0.3 is 0 Å². The van der Waals surface area contributed by atoms with E-state index in [0.717, 1.165) is 43.6 Å². The van der Waals surface area contributed by atoms with Crippen LogP contribution >= 0.6 is 0 Å². The van der Waals surface area contributed by atoms with Crippen molar-refractivity contribution in [2.45, 2.75) is 30.1 Å². The number of fused-ring (bicyclic) bond motifs is 2. The van der Waals surface area contributed by atoms with Gasteiger partial charge in [-0.05, 0) is 63.2 Å². The monoisotopic (exact) mass is 475 g/mol. The van der Waals surface area contributed by atoms with Crippen molar-refractivity contribution in [1.82, 2.24) is 14.8 Å². The first-order valence-electron chi connectivity index (χ1n) is 11.2. The van der Waals surface area contributed by atoms with Crippen molar-refractivity contribution in [3.63, 3.8) is 0 Å². The van der Waals surface area contributed by atoms with E-state index in [4.69, 9.17) is 14.0 Å². The number of piperidine rings is 1. The van der Waals surface area contributed by atoms with E-state index in [9.17, 15) is 12.8 Å². The lowest BCUT2D eigenvalue weighted by molar-refractivity contribution is 0.171. The molecule has 3 heterocycles. The summed E-state index contributed by atoms with van der Waals surface area (Å²) in [5.41, 5.74) is 1.38. The minimum Gasteiger partial charge on any atom is -0.486 e. The van der Waals surface area contributed by atoms with E-state index in [1.54, 1.807) is 12.1 Å². The zero-order valence-corrected chi connectivity index (χ0v) is 18.9. The lowest BCUT2D eigenvalue weighted by atomic mass is 9.91. The molecule has 0 atom stereocenters. The highest BCUT2D eigenvalue weighted by molar-refractivity contribution is 7.89. The van der Waals surface area contributed by atoms with Crippen LogP contribution in [0, 0.1) is 5.82 Å². The Bertz CT molecular complexity index is 1240. The van der Waals surface area contributed by atoms with Crippen LogP contribution in [0.3, 0.4) is 0 Å². The summed E-state index contributed by atoms with van der Waals surface area (Å²) in [6.07, 6.45) is 2.57. The molecule has 1 saturated heterocycles. The van der Waals surface area contributed by atoms with Crippen LogP contribution in [0.2, 0.25) is 0 Å². The number of halogens is 1. The maximum absolute atomic E-state index is 13.4. The molecule has 0 radical (unpaired) electrons. The Balaban J connectivity index is 1.09. The van der Waals surface area contributed by atoms with Gasteiger partial charge in [0.15, 0.2) is 17.1 Å². The van der Waals surface area contributed by atoms with E-state index in [-0.39, 0.29) is 16.6 Å². The van der Waals surface area contributed by atoms with Gasteiger partial charge in [0.25, 0.3) is 0 Å². The van der Waals surface area contributed by atoms with Gasteiger partial charge in [-0.15, -0.1) is 0 Å². The van der Waals surface area contributed by atoms with Crippen LogP contribution in [0.4, 0.5) is 4.39 Å². The Morgan fingerprint density at radius 3 is 2.67 bits per heavy atom. The van der Waals surface area contributed by atoms with Gasteiger partial charge in [0.1, 0.15) is 19.0 Å². The van der Waals surface area contributed by atoms with E-state index in [1.807, 2.05) is 0 Å². The van der Waals surface area contributed by atoms with Crippen molar-refractivity contribution in [2.75, 3.05) is 39.4 Å². The standard InChI is InChI=1S/C23H26FN3O5S/c24-17-2-4-19-21(14-17)32-26-23(19)16-6-10-27(11-7-16)9-1-8-25-33(28,29)18-3-5-20-22(15-18)31-13-12-30-20/h2-5,14-16,25H,1,6-13H2. The largest absolute Gasteiger partial charge is 0.486 e. The SMILES string of the molecule is O=S(=O)(NCCCN1CCC(c2noc3cc(F)ccc23)CC1)c1ccc2c(c1)OCCO2. The smallest absolute Gasteiger partial charge is 0.240 e.